The summed E-state index contributed by atoms with van der Waals surface area (Å²) >= 11 is 9.60. The van der Waals surface area contributed by atoms with E-state index in [1.807, 2.05) is 18.2 Å². The first-order valence-electron chi connectivity index (χ1n) is 4.89. The SMILES string of the molecule is NC(c1cccc(Br)c1Cl)C1CCC1. The van der Waals surface area contributed by atoms with Gasteiger partial charge in [-0.2, -0.15) is 0 Å². The van der Waals surface area contributed by atoms with Crippen LogP contribution in [0.5, 0.6) is 0 Å². The van der Waals surface area contributed by atoms with E-state index in [0.717, 1.165) is 15.1 Å². The molecule has 0 radical (unpaired) electrons. The zero-order chi connectivity index (χ0) is 10.1. The maximum Gasteiger partial charge on any atom is 0.0595 e. The molecule has 1 fully saturated rings. The van der Waals surface area contributed by atoms with Crippen LogP contribution in [-0.4, -0.2) is 0 Å². The molecular formula is C11H13BrClN. The molecule has 0 heterocycles. The number of halogens is 2. The van der Waals surface area contributed by atoms with E-state index in [-0.39, 0.29) is 6.04 Å². The average Bonchev–Trinajstić information content (AvgIpc) is 2.06. The number of hydrogen-bond acceptors (Lipinski definition) is 1. The molecule has 1 nitrogen and oxygen atoms in total. The Kier molecular flexibility index (Phi) is 3.15. The van der Waals surface area contributed by atoms with Gasteiger partial charge in [-0.1, -0.05) is 30.2 Å². The molecule has 0 aromatic heterocycles. The Morgan fingerprint density at radius 1 is 1.43 bits per heavy atom. The van der Waals surface area contributed by atoms with Crippen LogP contribution in [-0.2, 0) is 0 Å². The van der Waals surface area contributed by atoms with Crippen LogP contribution in [0.2, 0.25) is 5.02 Å². The molecule has 1 atom stereocenters. The minimum absolute atomic E-state index is 0.105. The van der Waals surface area contributed by atoms with Gasteiger partial charge in [-0.25, -0.2) is 0 Å². The second-order valence-corrected chi connectivity index (χ2v) is 5.09. The molecule has 1 aliphatic carbocycles. The number of hydrogen-bond donors (Lipinski definition) is 1. The van der Waals surface area contributed by atoms with Crippen molar-refractivity contribution in [2.45, 2.75) is 25.3 Å². The highest BCUT2D eigenvalue weighted by molar-refractivity contribution is 9.10. The van der Waals surface area contributed by atoms with Crippen LogP contribution < -0.4 is 5.73 Å². The maximum absolute atomic E-state index is 6.19. The van der Waals surface area contributed by atoms with Crippen molar-refractivity contribution >= 4 is 27.5 Å². The summed E-state index contributed by atoms with van der Waals surface area (Å²) in [7, 11) is 0. The summed E-state index contributed by atoms with van der Waals surface area (Å²) in [4.78, 5) is 0. The molecule has 1 unspecified atom stereocenters. The van der Waals surface area contributed by atoms with Gasteiger partial charge in [0.1, 0.15) is 0 Å². The second kappa shape index (κ2) is 4.21. The van der Waals surface area contributed by atoms with Gasteiger partial charge in [0, 0.05) is 10.5 Å². The summed E-state index contributed by atoms with van der Waals surface area (Å²) in [5.74, 6) is 0.627. The lowest BCUT2D eigenvalue weighted by molar-refractivity contribution is 0.264. The fourth-order valence-corrected chi connectivity index (χ4v) is 2.46. The van der Waals surface area contributed by atoms with Gasteiger partial charge in [-0.05, 0) is 46.3 Å². The van der Waals surface area contributed by atoms with Crippen molar-refractivity contribution in [1.29, 1.82) is 0 Å². The van der Waals surface area contributed by atoms with Crippen LogP contribution in [0.4, 0.5) is 0 Å². The molecule has 1 saturated carbocycles. The Bertz CT molecular complexity index is 336. The van der Waals surface area contributed by atoms with E-state index in [9.17, 15) is 0 Å². The minimum atomic E-state index is 0.105. The third kappa shape index (κ3) is 1.83. The molecule has 0 aliphatic heterocycles. The summed E-state index contributed by atoms with van der Waals surface area (Å²) in [5.41, 5.74) is 7.24. The predicted molar refractivity (Wildman–Crippen MR) is 63.4 cm³/mol. The molecule has 76 valence electrons. The highest BCUT2D eigenvalue weighted by atomic mass is 79.9. The maximum atomic E-state index is 6.19. The molecule has 0 spiro atoms. The Morgan fingerprint density at radius 2 is 2.14 bits per heavy atom. The fourth-order valence-electron chi connectivity index (χ4n) is 1.83. The molecule has 1 aromatic rings. The van der Waals surface area contributed by atoms with E-state index in [1.165, 1.54) is 19.3 Å². The molecule has 1 aliphatic rings. The molecule has 1 aromatic carbocycles. The number of rotatable bonds is 2. The lowest BCUT2D eigenvalue weighted by Crippen LogP contribution is -2.27. The molecular weight excluding hydrogens is 261 g/mol. The van der Waals surface area contributed by atoms with Gasteiger partial charge in [0.15, 0.2) is 0 Å². The lowest BCUT2D eigenvalue weighted by Gasteiger charge is -2.32. The Hall–Kier alpha value is -0.0500. The first-order valence-corrected chi connectivity index (χ1v) is 6.06. The summed E-state index contributed by atoms with van der Waals surface area (Å²) in [6, 6.07) is 6.06. The number of nitrogens with two attached hydrogens (primary N) is 1. The van der Waals surface area contributed by atoms with E-state index in [2.05, 4.69) is 15.9 Å². The third-order valence-electron chi connectivity index (χ3n) is 3.00. The molecule has 2 rings (SSSR count). The molecule has 2 N–H and O–H groups in total. The first kappa shape index (κ1) is 10.5. The van der Waals surface area contributed by atoms with Crippen LogP contribution >= 0.6 is 27.5 Å². The van der Waals surface area contributed by atoms with Crippen molar-refractivity contribution in [3.8, 4) is 0 Å². The molecule has 0 saturated heterocycles. The Balaban J connectivity index is 2.26. The summed E-state index contributed by atoms with van der Waals surface area (Å²) in [6.07, 6.45) is 3.79. The average molecular weight is 275 g/mol. The van der Waals surface area contributed by atoms with E-state index in [1.54, 1.807) is 0 Å². The van der Waals surface area contributed by atoms with E-state index in [0.29, 0.717) is 5.92 Å². The van der Waals surface area contributed by atoms with Crippen molar-refractivity contribution in [3.63, 3.8) is 0 Å². The Labute approximate surface area is 97.8 Å². The third-order valence-corrected chi connectivity index (χ3v) is 4.31. The molecule has 14 heavy (non-hydrogen) atoms. The van der Waals surface area contributed by atoms with Gasteiger partial charge in [-0.15, -0.1) is 0 Å². The van der Waals surface area contributed by atoms with Gasteiger partial charge in [0.2, 0.25) is 0 Å². The first-order chi connectivity index (χ1) is 6.70. The second-order valence-electron chi connectivity index (χ2n) is 3.86. The monoisotopic (exact) mass is 273 g/mol. The quantitative estimate of drug-likeness (QED) is 0.869. The minimum Gasteiger partial charge on any atom is -0.324 e. The summed E-state index contributed by atoms with van der Waals surface area (Å²) in [6.45, 7) is 0. The van der Waals surface area contributed by atoms with E-state index < -0.39 is 0 Å². The molecule has 3 heteroatoms. The highest BCUT2D eigenvalue weighted by Gasteiger charge is 2.27. The van der Waals surface area contributed by atoms with Crippen LogP contribution in [0.3, 0.4) is 0 Å². The number of benzene rings is 1. The van der Waals surface area contributed by atoms with Crippen molar-refractivity contribution in [2.75, 3.05) is 0 Å². The van der Waals surface area contributed by atoms with Crippen molar-refractivity contribution in [3.05, 3.63) is 33.3 Å². The van der Waals surface area contributed by atoms with Crippen molar-refractivity contribution < 1.29 is 0 Å². The van der Waals surface area contributed by atoms with E-state index >= 15 is 0 Å². The van der Waals surface area contributed by atoms with E-state index in [4.69, 9.17) is 17.3 Å². The Morgan fingerprint density at radius 3 is 2.71 bits per heavy atom. The summed E-state index contributed by atoms with van der Waals surface area (Å²) in [5, 5.41) is 0.770. The van der Waals surface area contributed by atoms with Gasteiger partial charge in [0.25, 0.3) is 0 Å². The van der Waals surface area contributed by atoms with Crippen LogP contribution in [0, 0.1) is 5.92 Å². The fraction of sp³-hybridized carbons (Fsp3) is 0.455. The summed E-state index contributed by atoms with van der Waals surface area (Å²) < 4.78 is 0.937. The topological polar surface area (TPSA) is 26.0 Å². The van der Waals surface area contributed by atoms with Gasteiger partial charge in [0.05, 0.1) is 5.02 Å². The molecule has 0 amide bonds. The van der Waals surface area contributed by atoms with Crippen molar-refractivity contribution in [2.24, 2.45) is 11.7 Å². The van der Waals surface area contributed by atoms with Crippen LogP contribution in [0.25, 0.3) is 0 Å². The highest BCUT2D eigenvalue weighted by Crippen LogP contribution is 2.39. The zero-order valence-electron chi connectivity index (χ0n) is 7.84. The van der Waals surface area contributed by atoms with Crippen LogP contribution in [0.1, 0.15) is 30.9 Å². The standard InChI is InChI=1S/C11H13BrClN/c12-9-6-2-5-8(10(9)13)11(14)7-3-1-4-7/h2,5-7,11H,1,3-4,14H2. The molecule has 0 bridgehead atoms. The predicted octanol–water partition coefficient (Wildman–Crippen LogP) is 3.90. The van der Waals surface area contributed by atoms with Gasteiger partial charge < -0.3 is 5.73 Å². The van der Waals surface area contributed by atoms with Crippen molar-refractivity contribution in [1.82, 2.24) is 0 Å². The smallest absolute Gasteiger partial charge is 0.0595 e. The lowest BCUT2D eigenvalue weighted by atomic mass is 9.77. The van der Waals surface area contributed by atoms with Gasteiger partial charge in [-0.3, -0.25) is 0 Å². The van der Waals surface area contributed by atoms with Gasteiger partial charge >= 0.3 is 0 Å². The zero-order valence-corrected chi connectivity index (χ0v) is 10.2. The van der Waals surface area contributed by atoms with Crippen LogP contribution in [0.15, 0.2) is 22.7 Å². The normalized spacial score (nSPS) is 19.1. The largest absolute Gasteiger partial charge is 0.324 e.